The minimum absolute atomic E-state index is 0.311. The summed E-state index contributed by atoms with van der Waals surface area (Å²) >= 11 is 0. The standard InChI is InChI=1S/C19H27N3O3/c1-12(2)11-14-16(20)17(13-9-7-8-10-15(13)24-6)21-22(14)18(23)25-19(3,4)5/h7-10,12H,11,20H2,1-6H3. The summed E-state index contributed by atoms with van der Waals surface area (Å²) in [7, 11) is 1.59. The highest BCUT2D eigenvalue weighted by molar-refractivity contribution is 5.83. The van der Waals surface area contributed by atoms with Crippen molar-refractivity contribution >= 4 is 11.8 Å². The lowest BCUT2D eigenvalue weighted by Gasteiger charge is -2.20. The quantitative estimate of drug-likeness (QED) is 0.901. The molecule has 6 heteroatoms. The fourth-order valence-electron chi connectivity index (χ4n) is 2.54. The number of ether oxygens (including phenoxy) is 2. The molecule has 0 unspecified atom stereocenters. The number of rotatable bonds is 4. The molecule has 0 radical (unpaired) electrons. The summed E-state index contributed by atoms with van der Waals surface area (Å²) in [4.78, 5) is 12.6. The van der Waals surface area contributed by atoms with Crippen LogP contribution >= 0.6 is 0 Å². The van der Waals surface area contributed by atoms with Gasteiger partial charge < -0.3 is 15.2 Å². The van der Waals surface area contributed by atoms with Crippen LogP contribution in [0.15, 0.2) is 24.3 Å². The number of carbonyl (C=O) groups is 1. The molecule has 0 atom stereocenters. The molecule has 0 bridgehead atoms. The van der Waals surface area contributed by atoms with Crippen molar-refractivity contribution in [2.45, 2.75) is 46.6 Å². The monoisotopic (exact) mass is 345 g/mol. The predicted octanol–water partition coefficient (Wildman–Crippen LogP) is 4.12. The zero-order valence-electron chi connectivity index (χ0n) is 15.8. The van der Waals surface area contributed by atoms with Crippen LogP contribution in [0.3, 0.4) is 0 Å². The number of hydrogen-bond donors (Lipinski definition) is 1. The van der Waals surface area contributed by atoms with Crippen molar-refractivity contribution in [3.8, 4) is 17.0 Å². The minimum atomic E-state index is -0.614. The van der Waals surface area contributed by atoms with Gasteiger partial charge in [0, 0.05) is 5.56 Å². The van der Waals surface area contributed by atoms with Crippen molar-refractivity contribution < 1.29 is 14.3 Å². The van der Waals surface area contributed by atoms with E-state index in [-0.39, 0.29) is 0 Å². The van der Waals surface area contributed by atoms with Crippen molar-refractivity contribution in [2.75, 3.05) is 12.8 Å². The second-order valence-electron chi connectivity index (χ2n) is 7.40. The highest BCUT2D eigenvalue weighted by Gasteiger charge is 2.26. The van der Waals surface area contributed by atoms with E-state index in [9.17, 15) is 4.79 Å². The van der Waals surface area contributed by atoms with E-state index in [2.05, 4.69) is 18.9 Å². The minimum Gasteiger partial charge on any atom is -0.496 e. The smallest absolute Gasteiger partial charge is 0.435 e. The van der Waals surface area contributed by atoms with E-state index < -0.39 is 11.7 Å². The first-order valence-electron chi connectivity index (χ1n) is 8.38. The van der Waals surface area contributed by atoms with Crippen LogP contribution in [0.25, 0.3) is 11.3 Å². The van der Waals surface area contributed by atoms with E-state index >= 15 is 0 Å². The first kappa shape index (κ1) is 18.8. The Balaban J connectivity index is 2.58. The van der Waals surface area contributed by atoms with Crippen LogP contribution in [0, 0.1) is 5.92 Å². The molecule has 25 heavy (non-hydrogen) atoms. The number of para-hydroxylation sites is 1. The lowest BCUT2D eigenvalue weighted by Crippen LogP contribution is -2.29. The average Bonchev–Trinajstić information content (AvgIpc) is 2.82. The fraction of sp³-hybridized carbons (Fsp3) is 0.474. The number of benzene rings is 1. The molecule has 2 N–H and O–H groups in total. The molecule has 1 aromatic carbocycles. The number of hydrogen-bond acceptors (Lipinski definition) is 5. The van der Waals surface area contributed by atoms with Gasteiger partial charge in [0.05, 0.1) is 18.5 Å². The van der Waals surface area contributed by atoms with E-state index in [1.165, 1.54) is 4.68 Å². The van der Waals surface area contributed by atoms with Gasteiger partial charge in [0.25, 0.3) is 0 Å². The lowest BCUT2D eigenvalue weighted by molar-refractivity contribution is 0.0509. The van der Waals surface area contributed by atoms with Gasteiger partial charge in [0.15, 0.2) is 0 Å². The molecule has 2 aromatic rings. The van der Waals surface area contributed by atoms with Crippen molar-refractivity contribution in [2.24, 2.45) is 5.92 Å². The summed E-state index contributed by atoms with van der Waals surface area (Å²) in [6, 6.07) is 7.46. The molecule has 0 aliphatic rings. The first-order chi connectivity index (χ1) is 11.6. The maximum Gasteiger partial charge on any atom is 0.435 e. The Morgan fingerprint density at radius 1 is 1.28 bits per heavy atom. The highest BCUT2D eigenvalue weighted by atomic mass is 16.6. The third-order valence-electron chi connectivity index (χ3n) is 3.55. The molecule has 2 rings (SSSR count). The van der Waals surface area contributed by atoms with Crippen LogP contribution < -0.4 is 10.5 Å². The lowest BCUT2D eigenvalue weighted by atomic mass is 10.0. The topological polar surface area (TPSA) is 79.4 Å². The van der Waals surface area contributed by atoms with Crippen LogP contribution in [0.1, 0.15) is 40.3 Å². The Kier molecular flexibility index (Phi) is 5.40. The van der Waals surface area contributed by atoms with Gasteiger partial charge in [-0.3, -0.25) is 0 Å². The normalized spacial score (nSPS) is 11.6. The van der Waals surface area contributed by atoms with Gasteiger partial charge in [-0.2, -0.15) is 9.78 Å². The largest absolute Gasteiger partial charge is 0.496 e. The average molecular weight is 345 g/mol. The molecule has 1 heterocycles. The van der Waals surface area contributed by atoms with Gasteiger partial charge in [0.2, 0.25) is 0 Å². The Labute approximate surface area is 148 Å². The predicted molar refractivity (Wildman–Crippen MR) is 98.8 cm³/mol. The summed E-state index contributed by atoms with van der Waals surface area (Å²) in [5, 5.41) is 4.46. The summed E-state index contributed by atoms with van der Waals surface area (Å²) in [6.45, 7) is 9.59. The number of anilines is 1. The molecular formula is C19H27N3O3. The first-order valence-corrected chi connectivity index (χ1v) is 8.38. The molecule has 0 fully saturated rings. The van der Waals surface area contributed by atoms with E-state index in [1.54, 1.807) is 7.11 Å². The Hall–Kier alpha value is -2.50. The Bertz CT molecular complexity index is 758. The number of nitrogens with two attached hydrogens (primary N) is 1. The number of nitrogens with zero attached hydrogens (tertiary/aromatic N) is 2. The third kappa shape index (κ3) is 4.32. The molecule has 6 nitrogen and oxygen atoms in total. The molecule has 1 aromatic heterocycles. The fourth-order valence-corrected chi connectivity index (χ4v) is 2.54. The Morgan fingerprint density at radius 2 is 1.92 bits per heavy atom. The zero-order valence-corrected chi connectivity index (χ0v) is 15.8. The molecule has 0 aliphatic carbocycles. The Morgan fingerprint density at radius 3 is 2.48 bits per heavy atom. The number of nitrogen functional groups attached to an aromatic ring is 1. The van der Waals surface area contributed by atoms with Gasteiger partial charge in [-0.05, 0) is 45.2 Å². The zero-order chi connectivity index (χ0) is 18.8. The number of carbonyl (C=O) groups excluding carboxylic acids is 1. The highest BCUT2D eigenvalue weighted by Crippen LogP contribution is 2.35. The SMILES string of the molecule is COc1ccccc1-c1nn(C(=O)OC(C)(C)C)c(CC(C)C)c1N. The van der Waals surface area contributed by atoms with Crippen LogP contribution in [-0.4, -0.2) is 28.6 Å². The number of aromatic nitrogens is 2. The maximum atomic E-state index is 12.6. The second kappa shape index (κ2) is 7.17. The van der Waals surface area contributed by atoms with Crippen LogP contribution in [0.2, 0.25) is 0 Å². The summed E-state index contributed by atoms with van der Waals surface area (Å²) in [6.07, 6.45) is 0.0868. The van der Waals surface area contributed by atoms with Crippen LogP contribution in [-0.2, 0) is 11.2 Å². The molecule has 0 saturated heterocycles. The molecule has 0 aliphatic heterocycles. The van der Waals surface area contributed by atoms with Crippen LogP contribution in [0.4, 0.5) is 10.5 Å². The molecule has 136 valence electrons. The van der Waals surface area contributed by atoms with E-state index in [4.69, 9.17) is 15.2 Å². The summed E-state index contributed by atoms with van der Waals surface area (Å²) < 4.78 is 12.2. The van der Waals surface area contributed by atoms with E-state index in [0.29, 0.717) is 35.2 Å². The third-order valence-corrected chi connectivity index (χ3v) is 3.55. The van der Waals surface area contributed by atoms with Crippen molar-refractivity contribution in [3.05, 3.63) is 30.0 Å². The molecular weight excluding hydrogens is 318 g/mol. The van der Waals surface area contributed by atoms with Crippen molar-refractivity contribution in [3.63, 3.8) is 0 Å². The van der Waals surface area contributed by atoms with Crippen LogP contribution in [0.5, 0.6) is 5.75 Å². The van der Waals surface area contributed by atoms with E-state index in [0.717, 1.165) is 5.56 Å². The summed E-state index contributed by atoms with van der Waals surface area (Å²) in [5.41, 5.74) is 8.15. The maximum absolute atomic E-state index is 12.6. The van der Waals surface area contributed by atoms with Crippen molar-refractivity contribution in [1.29, 1.82) is 0 Å². The molecule has 0 amide bonds. The van der Waals surface area contributed by atoms with Gasteiger partial charge in [-0.15, -0.1) is 0 Å². The molecule has 0 spiro atoms. The second-order valence-corrected chi connectivity index (χ2v) is 7.40. The van der Waals surface area contributed by atoms with Gasteiger partial charge in [-0.1, -0.05) is 26.0 Å². The van der Waals surface area contributed by atoms with Crippen molar-refractivity contribution in [1.82, 2.24) is 9.78 Å². The van der Waals surface area contributed by atoms with E-state index in [1.807, 2.05) is 45.0 Å². The molecule has 0 saturated carbocycles. The number of methoxy groups -OCH3 is 1. The summed E-state index contributed by atoms with van der Waals surface area (Å²) in [5.74, 6) is 0.963. The van der Waals surface area contributed by atoms with Gasteiger partial charge >= 0.3 is 6.09 Å². The van der Waals surface area contributed by atoms with Gasteiger partial charge in [0.1, 0.15) is 17.0 Å². The van der Waals surface area contributed by atoms with Gasteiger partial charge in [-0.25, -0.2) is 4.79 Å².